The van der Waals surface area contributed by atoms with Gasteiger partial charge in [-0.1, -0.05) is 24.3 Å². The van der Waals surface area contributed by atoms with Crippen molar-refractivity contribution >= 4 is 17.4 Å². The molecule has 0 radical (unpaired) electrons. The second kappa shape index (κ2) is 4.99. The minimum absolute atomic E-state index is 0.142. The zero-order valence-electron chi connectivity index (χ0n) is 8.58. The first-order valence-corrected chi connectivity index (χ1v) is 5.88. The molecule has 2 rings (SSSR count). The van der Waals surface area contributed by atoms with Crippen LogP contribution >= 0.6 is 11.8 Å². The van der Waals surface area contributed by atoms with E-state index in [2.05, 4.69) is 12.2 Å². The molecule has 16 heavy (non-hydrogen) atoms. The van der Waals surface area contributed by atoms with Crippen LogP contribution in [-0.4, -0.2) is 10.2 Å². The second-order valence-corrected chi connectivity index (χ2v) is 4.77. The summed E-state index contributed by atoms with van der Waals surface area (Å²) >= 11 is 1.72. The van der Waals surface area contributed by atoms with Gasteiger partial charge in [-0.2, -0.15) is 0 Å². The number of hydrogen-bond acceptors (Lipinski definition) is 3. The zero-order valence-corrected chi connectivity index (χ0v) is 9.39. The average molecular weight is 233 g/mol. The van der Waals surface area contributed by atoms with Crippen molar-refractivity contribution in [2.24, 2.45) is 0 Å². The van der Waals surface area contributed by atoms with E-state index in [9.17, 15) is 10.1 Å². The predicted octanol–water partition coefficient (Wildman–Crippen LogP) is 3.57. The molecule has 0 amide bonds. The minimum Gasteiger partial charge on any atom is -0.258 e. The van der Waals surface area contributed by atoms with Gasteiger partial charge in [0.15, 0.2) is 0 Å². The Balaban J connectivity index is 2.02. The number of benzene rings is 1. The van der Waals surface area contributed by atoms with Crippen LogP contribution < -0.4 is 0 Å². The number of nitro groups is 1. The summed E-state index contributed by atoms with van der Waals surface area (Å²) in [7, 11) is 0. The van der Waals surface area contributed by atoms with Gasteiger partial charge in [0, 0.05) is 22.3 Å². The molecule has 0 saturated carbocycles. The number of nitrogens with zero attached hydrogens (tertiary/aromatic N) is 1. The van der Waals surface area contributed by atoms with E-state index < -0.39 is 0 Å². The highest BCUT2D eigenvalue weighted by atomic mass is 32.2. The van der Waals surface area contributed by atoms with E-state index in [-0.39, 0.29) is 10.6 Å². The molecule has 1 aromatic carbocycles. The van der Waals surface area contributed by atoms with Gasteiger partial charge in [0.2, 0.25) is 0 Å². The third-order valence-electron chi connectivity index (χ3n) is 2.28. The van der Waals surface area contributed by atoms with Gasteiger partial charge >= 0.3 is 0 Å². The normalized spacial score (nSPS) is 18.6. The van der Waals surface area contributed by atoms with Crippen molar-refractivity contribution in [3.63, 3.8) is 0 Å². The topological polar surface area (TPSA) is 43.1 Å². The summed E-state index contributed by atoms with van der Waals surface area (Å²) in [6, 6.07) is 6.69. The van der Waals surface area contributed by atoms with E-state index in [1.165, 1.54) is 0 Å². The number of non-ortho nitro benzene ring substituents is 1. The average Bonchev–Trinajstić information content (AvgIpc) is 2.31. The number of allylic oxidation sites excluding steroid dienone is 3. The highest BCUT2D eigenvalue weighted by Gasteiger charge is 2.09. The standard InChI is InChI=1S/C12H11NO2S/c14-13(15)10-6-8-12(9-7-10)16-11-4-2-1-3-5-11/h1-4,6-9,11H,5H2/t11-/m0/s1. The molecule has 1 aliphatic rings. The SMILES string of the molecule is O=[N+]([O-])c1ccc(S[C@H]2C=CC=CC2)cc1. The number of rotatable bonds is 3. The number of hydrogen-bond donors (Lipinski definition) is 0. The van der Waals surface area contributed by atoms with Crippen LogP contribution in [0, 0.1) is 10.1 Å². The van der Waals surface area contributed by atoms with Crippen molar-refractivity contribution in [3.05, 3.63) is 58.7 Å². The Morgan fingerprint density at radius 1 is 1.25 bits per heavy atom. The summed E-state index contributed by atoms with van der Waals surface area (Å²) in [5, 5.41) is 10.9. The molecule has 0 N–H and O–H groups in total. The number of nitro benzene ring substituents is 1. The lowest BCUT2D eigenvalue weighted by molar-refractivity contribution is -0.384. The van der Waals surface area contributed by atoms with Gasteiger partial charge in [-0.25, -0.2) is 0 Å². The smallest absolute Gasteiger partial charge is 0.258 e. The van der Waals surface area contributed by atoms with Crippen LogP contribution in [0.5, 0.6) is 0 Å². The first-order chi connectivity index (χ1) is 7.75. The maximum atomic E-state index is 10.5. The fourth-order valence-corrected chi connectivity index (χ4v) is 2.49. The molecule has 0 heterocycles. The Bertz CT molecular complexity index is 437. The van der Waals surface area contributed by atoms with Gasteiger partial charge in [-0.3, -0.25) is 10.1 Å². The first-order valence-electron chi connectivity index (χ1n) is 5.00. The molecule has 4 heteroatoms. The third-order valence-corrected chi connectivity index (χ3v) is 3.47. The molecule has 82 valence electrons. The maximum absolute atomic E-state index is 10.5. The molecule has 1 atom stereocenters. The van der Waals surface area contributed by atoms with Crippen LogP contribution in [0.3, 0.4) is 0 Å². The Labute approximate surface area is 98.0 Å². The predicted molar refractivity (Wildman–Crippen MR) is 65.6 cm³/mol. The molecule has 0 unspecified atom stereocenters. The minimum atomic E-state index is -0.377. The summed E-state index contributed by atoms with van der Waals surface area (Å²) in [4.78, 5) is 11.2. The largest absolute Gasteiger partial charge is 0.269 e. The van der Waals surface area contributed by atoms with Gasteiger partial charge in [0.1, 0.15) is 0 Å². The lowest BCUT2D eigenvalue weighted by Crippen LogP contribution is -1.98. The van der Waals surface area contributed by atoms with E-state index in [1.807, 2.05) is 12.2 Å². The van der Waals surface area contributed by atoms with Crippen molar-refractivity contribution in [2.75, 3.05) is 0 Å². The Morgan fingerprint density at radius 3 is 2.56 bits per heavy atom. The molecule has 0 bridgehead atoms. The van der Waals surface area contributed by atoms with E-state index in [1.54, 1.807) is 36.0 Å². The summed E-state index contributed by atoms with van der Waals surface area (Å²) < 4.78 is 0. The maximum Gasteiger partial charge on any atom is 0.269 e. The molecule has 0 fully saturated rings. The van der Waals surface area contributed by atoms with Crippen LogP contribution in [0.4, 0.5) is 5.69 Å². The molecule has 0 spiro atoms. The Hall–Kier alpha value is -1.55. The van der Waals surface area contributed by atoms with Crippen molar-refractivity contribution < 1.29 is 4.92 Å². The summed E-state index contributed by atoms with van der Waals surface area (Å²) in [5.41, 5.74) is 0.142. The highest BCUT2D eigenvalue weighted by molar-refractivity contribution is 8.00. The first kappa shape index (κ1) is 11.0. The van der Waals surface area contributed by atoms with Gasteiger partial charge < -0.3 is 0 Å². The summed E-state index contributed by atoms with van der Waals surface area (Å²) in [6.45, 7) is 0. The summed E-state index contributed by atoms with van der Waals surface area (Å²) in [5.74, 6) is 0. The molecule has 3 nitrogen and oxygen atoms in total. The zero-order chi connectivity index (χ0) is 11.4. The van der Waals surface area contributed by atoms with Crippen LogP contribution in [0.15, 0.2) is 53.5 Å². The van der Waals surface area contributed by atoms with Gasteiger partial charge in [0.25, 0.3) is 5.69 Å². The van der Waals surface area contributed by atoms with E-state index in [0.717, 1.165) is 11.3 Å². The van der Waals surface area contributed by atoms with Crippen molar-refractivity contribution in [1.29, 1.82) is 0 Å². The Morgan fingerprint density at radius 2 is 2.00 bits per heavy atom. The van der Waals surface area contributed by atoms with E-state index in [0.29, 0.717) is 5.25 Å². The van der Waals surface area contributed by atoms with Crippen LogP contribution in [0.2, 0.25) is 0 Å². The van der Waals surface area contributed by atoms with Gasteiger partial charge in [-0.15, -0.1) is 11.8 Å². The van der Waals surface area contributed by atoms with Crippen molar-refractivity contribution in [2.45, 2.75) is 16.6 Å². The summed E-state index contributed by atoms with van der Waals surface area (Å²) in [6.07, 6.45) is 9.35. The lowest BCUT2D eigenvalue weighted by Gasteiger charge is -2.11. The molecule has 0 aliphatic heterocycles. The van der Waals surface area contributed by atoms with Crippen LogP contribution in [0.25, 0.3) is 0 Å². The van der Waals surface area contributed by atoms with Gasteiger partial charge in [0.05, 0.1) is 4.92 Å². The Kier molecular flexibility index (Phi) is 3.41. The van der Waals surface area contributed by atoms with Crippen LogP contribution in [0.1, 0.15) is 6.42 Å². The lowest BCUT2D eigenvalue weighted by atomic mass is 10.2. The van der Waals surface area contributed by atoms with Gasteiger partial charge in [-0.05, 0) is 18.6 Å². The fraction of sp³-hybridized carbons (Fsp3) is 0.167. The molecule has 0 saturated heterocycles. The quantitative estimate of drug-likeness (QED) is 0.592. The van der Waals surface area contributed by atoms with Crippen LogP contribution in [-0.2, 0) is 0 Å². The van der Waals surface area contributed by atoms with Crippen molar-refractivity contribution in [3.8, 4) is 0 Å². The van der Waals surface area contributed by atoms with E-state index >= 15 is 0 Å². The molecule has 1 aliphatic carbocycles. The number of thioether (sulfide) groups is 1. The monoisotopic (exact) mass is 233 g/mol. The molecule has 1 aromatic rings. The molecule has 0 aromatic heterocycles. The second-order valence-electron chi connectivity index (χ2n) is 3.46. The molecular weight excluding hydrogens is 222 g/mol. The van der Waals surface area contributed by atoms with E-state index in [4.69, 9.17) is 0 Å². The third kappa shape index (κ3) is 2.73. The molecular formula is C12H11NO2S. The van der Waals surface area contributed by atoms with Crippen molar-refractivity contribution in [1.82, 2.24) is 0 Å². The fourth-order valence-electron chi connectivity index (χ4n) is 1.47. The highest BCUT2D eigenvalue weighted by Crippen LogP contribution is 2.29.